The Bertz CT molecular complexity index is 816. The number of aromatic nitrogens is 2. The molecule has 1 aromatic carbocycles. The molecule has 1 aromatic heterocycles. The maximum Gasteiger partial charge on any atom is 0.223 e. The second kappa shape index (κ2) is 9.11. The number of halogens is 1. The summed E-state index contributed by atoms with van der Waals surface area (Å²) < 4.78 is 11.5. The molecule has 0 radical (unpaired) electrons. The number of hydrogen-bond acceptors (Lipinski definition) is 5. The highest BCUT2D eigenvalue weighted by Crippen LogP contribution is 2.46. The molecule has 1 atom stereocenters. The summed E-state index contributed by atoms with van der Waals surface area (Å²) in [6.45, 7) is 5.01. The second-order valence-electron chi connectivity index (χ2n) is 7.36. The molecule has 152 valence electrons. The lowest BCUT2D eigenvalue weighted by Gasteiger charge is -2.40. The van der Waals surface area contributed by atoms with Crippen LogP contribution in [0.3, 0.4) is 0 Å². The first-order valence-corrected chi connectivity index (χ1v) is 9.79. The number of benzene rings is 1. The van der Waals surface area contributed by atoms with Crippen LogP contribution in [-0.4, -0.2) is 28.2 Å². The van der Waals surface area contributed by atoms with Crippen LogP contribution in [0.2, 0.25) is 0 Å². The number of aliphatic imine (C=N–C) groups is 1. The molecule has 8 heteroatoms. The van der Waals surface area contributed by atoms with Crippen molar-refractivity contribution in [1.29, 1.82) is 0 Å². The highest BCUT2D eigenvalue weighted by molar-refractivity contribution is 14.0. The van der Waals surface area contributed by atoms with Crippen molar-refractivity contribution in [3.05, 3.63) is 41.5 Å². The lowest BCUT2D eigenvalue weighted by atomic mass is 9.86. The Balaban J connectivity index is 0.00000225. The molecule has 0 saturated heterocycles. The monoisotopic (exact) mass is 497 g/mol. The van der Waals surface area contributed by atoms with Crippen molar-refractivity contribution >= 4 is 29.9 Å². The number of hydrogen-bond donors (Lipinski definition) is 2. The molecular weight excluding hydrogens is 469 g/mol. The first-order chi connectivity index (χ1) is 13.2. The molecule has 1 spiro atoms. The van der Waals surface area contributed by atoms with Crippen LogP contribution >= 0.6 is 24.0 Å². The van der Waals surface area contributed by atoms with E-state index in [0.29, 0.717) is 18.3 Å². The van der Waals surface area contributed by atoms with Crippen LogP contribution in [0.15, 0.2) is 33.8 Å². The van der Waals surface area contributed by atoms with Crippen LogP contribution in [0, 0.1) is 6.92 Å². The summed E-state index contributed by atoms with van der Waals surface area (Å²) in [7, 11) is 0. The molecule has 1 fully saturated rings. The third kappa shape index (κ3) is 4.59. The normalized spacial score (nSPS) is 20.2. The predicted molar refractivity (Wildman–Crippen MR) is 118 cm³/mol. The first kappa shape index (κ1) is 20.9. The van der Waals surface area contributed by atoms with Crippen molar-refractivity contribution in [2.45, 2.75) is 64.1 Å². The number of aryl methyl sites for hydroxylation is 1. The van der Waals surface area contributed by atoms with Gasteiger partial charge in [0.25, 0.3) is 0 Å². The van der Waals surface area contributed by atoms with Crippen LogP contribution in [0.1, 0.15) is 62.3 Å². The molecule has 2 N–H and O–H groups in total. The quantitative estimate of drug-likeness (QED) is 0.379. The third-order valence-electron chi connectivity index (χ3n) is 5.32. The van der Waals surface area contributed by atoms with E-state index in [4.69, 9.17) is 9.26 Å². The Morgan fingerprint density at radius 1 is 1.29 bits per heavy atom. The molecule has 2 aromatic rings. The van der Waals surface area contributed by atoms with Gasteiger partial charge in [-0.15, -0.1) is 24.0 Å². The van der Waals surface area contributed by atoms with Gasteiger partial charge in [-0.3, -0.25) is 0 Å². The number of rotatable bonds is 4. The van der Waals surface area contributed by atoms with Crippen molar-refractivity contribution in [3.8, 4) is 5.75 Å². The Kier molecular flexibility index (Phi) is 6.79. The minimum absolute atomic E-state index is 0. The standard InChI is InChI=1S/C20H27N5O2.HI/c1-3-21-19(22-13-18-23-14(2)27-25-18)24-16-12-20(10-6-7-11-20)26-17-9-5-4-8-15(16)17;/h4-5,8-9,16H,3,6-7,10-13H2,1-2H3,(H2,21,22,24);1H. The van der Waals surface area contributed by atoms with Crippen LogP contribution < -0.4 is 15.4 Å². The summed E-state index contributed by atoms with van der Waals surface area (Å²) in [5.74, 6) is 2.90. The van der Waals surface area contributed by atoms with Crippen LogP contribution in [0.4, 0.5) is 0 Å². The second-order valence-corrected chi connectivity index (χ2v) is 7.36. The Hall–Kier alpha value is -1.84. The average molecular weight is 497 g/mol. The van der Waals surface area contributed by atoms with Gasteiger partial charge in [0.1, 0.15) is 17.9 Å². The van der Waals surface area contributed by atoms with Gasteiger partial charge in [-0.2, -0.15) is 4.98 Å². The van der Waals surface area contributed by atoms with Gasteiger partial charge in [-0.1, -0.05) is 23.4 Å². The molecule has 1 aliphatic carbocycles. The topological polar surface area (TPSA) is 84.6 Å². The van der Waals surface area contributed by atoms with Gasteiger partial charge in [-0.05, 0) is 38.7 Å². The largest absolute Gasteiger partial charge is 0.487 e. The summed E-state index contributed by atoms with van der Waals surface area (Å²) in [6, 6.07) is 8.49. The van der Waals surface area contributed by atoms with Crippen molar-refractivity contribution in [2.24, 2.45) is 4.99 Å². The molecule has 1 aliphatic heterocycles. The lowest BCUT2D eigenvalue weighted by molar-refractivity contribution is 0.0396. The van der Waals surface area contributed by atoms with Crippen molar-refractivity contribution in [3.63, 3.8) is 0 Å². The van der Waals surface area contributed by atoms with E-state index in [1.165, 1.54) is 18.4 Å². The maximum absolute atomic E-state index is 6.45. The zero-order chi connectivity index (χ0) is 18.7. The number of fused-ring (bicyclic) bond motifs is 1. The van der Waals surface area contributed by atoms with Gasteiger partial charge in [-0.25, -0.2) is 4.99 Å². The molecule has 1 unspecified atom stereocenters. The molecule has 4 rings (SSSR count). The zero-order valence-electron chi connectivity index (χ0n) is 16.4. The molecule has 2 heterocycles. The lowest BCUT2D eigenvalue weighted by Crippen LogP contribution is -2.46. The van der Waals surface area contributed by atoms with E-state index in [0.717, 1.165) is 37.5 Å². The Morgan fingerprint density at radius 2 is 2.07 bits per heavy atom. The van der Waals surface area contributed by atoms with Gasteiger partial charge in [0.05, 0.1) is 6.04 Å². The Morgan fingerprint density at radius 3 is 2.79 bits per heavy atom. The molecule has 1 saturated carbocycles. The maximum atomic E-state index is 6.45. The van der Waals surface area contributed by atoms with E-state index >= 15 is 0 Å². The van der Waals surface area contributed by atoms with Crippen molar-refractivity contribution < 1.29 is 9.26 Å². The highest BCUT2D eigenvalue weighted by atomic mass is 127. The predicted octanol–water partition coefficient (Wildman–Crippen LogP) is 3.89. The van der Waals surface area contributed by atoms with Gasteiger partial charge >= 0.3 is 0 Å². The third-order valence-corrected chi connectivity index (χ3v) is 5.32. The number of para-hydroxylation sites is 1. The van der Waals surface area contributed by atoms with Crippen LogP contribution in [0.5, 0.6) is 5.75 Å². The number of guanidine groups is 1. The van der Waals surface area contributed by atoms with Crippen LogP contribution in [-0.2, 0) is 6.54 Å². The van der Waals surface area contributed by atoms with E-state index in [1.54, 1.807) is 6.92 Å². The summed E-state index contributed by atoms with van der Waals surface area (Å²) in [4.78, 5) is 8.87. The number of nitrogens with one attached hydrogen (secondary N) is 2. The number of nitrogens with zero attached hydrogens (tertiary/aromatic N) is 3. The summed E-state index contributed by atoms with van der Waals surface area (Å²) in [5.41, 5.74) is 1.14. The van der Waals surface area contributed by atoms with Gasteiger partial charge in [0.2, 0.25) is 5.89 Å². The van der Waals surface area contributed by atoms with Gasteiger partial charge in [0, 0.05) is 25.5 Å². The minimum Gasteiger partial charge on any atom is -0.487 e. The van der Waals surface area contributed by atoms with Gasteiger partial charge in [0.15, 0.2) is 11.8 Å². The van der Waals surface area contributed by atoms with E-state index in [9.17, 15) is 0 Å². The number of ether oxygens (including phenoxy) is 1. The zero-order valence-corrected chi connectivity index (χ0v) is 18.7. The Labute approximate surface area is 182 Å². The van der Waals surface area contributed by atoms with E-state index in [-0.39, 0.29) is 35.6 Å². The minimum atomic E-state index is -0.0475. The van der Waals surface area contributed by atoms with Crippen molar-refractivity contribution in [2.75, 3.05) is 6.54 Å². The fourth-order valence-corrected chi connectivity index (χ4v) is 4.11. The SMILES string of the molecule is CCNC(=NCc1noc(C)n1)NC1CC2(CCCC2)Oc2ccccc21.I. The molecule has 0 bridgehead atoms. The average Bonchev–Trinajstić information content (AvgIpc) is 3.29. The van der Waals surface area contributed by atoms with Gasteiger partial charge < -0.3 is 19.9 Å². The van der Waals surface area contributed by atoms with Crippen molar-refractivity contribution in [1.82, 2.24) is 20.8 Å². The molecular formula is C20H28IN5O2. The van der Waals surface area contributed by atoms with E-state index in [2.05, 4.69) is 50.9 Å². The molecule has 0 amide bonds. The van der Waals surface area contributed by atoms with Crippen LogP contribution in [0.25, 0.3) is 0 Å². The molecule has 7 nitrogen and oxygen atoms in total. The first-order valence-electron chi connectivity index (χ1n) is 9.79. The smallest absolute Gasteiger partial charge is 0.223 e. The molecule has 28 heavy (non-hydrogen) atoms. The summed E-state index contributed by atoms with van der Waals surface area (Å²) in [6.07, 6.45) is 5.67. The summed E-state index contributed by atoms with van der Waals surface area (Å²) >= 11 is 0. The highest BCUT2D eigenvalue weighted by Gasteiger charge is 2.43. The van der Waals surface area contributed by atoms with E-state index < -0.39 is 0 Å². The molecule has 2 aliphatic rings. The fraction of sp³-hybridized carbons (Fsp3) is 0.550. The summed E-state index contributed by atoms with van der Waals surface area (Å²) in [5, 5.41) is 10.9. The van der Waals surface area contributed by atoms with E-state index in [1.807, 2.05) is 6.07 Å². The fourth-order valence-electron chi connectivity index (χ4n) is 4.11.